The van der Waals surface area contributed by atoms with Crippen LogP contribution in [0.25, 0.3) is 0 Å². The van der Waals surface area contributed by atoms with Crippen molar-refractivity contribution in [3.05, 3.63) is 23.4 Å². The lowest BCUT2D eigenvalue weighted by Crippen LogP contribution is -2.29. The van der Waals surface area contributed by atoms with Gasteiger partial charge in [-0.25, -0.2) is 9.59 Å². The van der Waals surface area contributed by atoms with Crippen molar-refractivity contribution in [1.29, 1.82) is 0 Å². The summed E-state index contributed by atoms with van der Waals surface area (Å²) < 4.78 is 4.84. The summed E-state index contributed by atoms with van der Waals surface area (Å²) in [6.45, 7) is 2.08. The van der Waals surface area contributed by atoms with Crippen LogP contribution >= 0.6 is 0 Å². The summed E-state index contributed by atoms with van der Waals surface area (Å²) in [4.78, 5) is 22.0. The fourth-order valence-corrected chi connectivity index (χ4v) is 1.32. The van der Waals surface area contributed by atoms with E-state index in [1.165, 1.54) is 0 Å². The monoisotopic (exact) mass is 210 g/mol. The Kier molecular flexibility index (Phi) is 3.91. The standard InChI is InChI=1S/C10H14N2O3/c1-2-15-9(13)7-4-3-5-8(6-7)12-10(11)14/h4,6H,2-3,5H2,1H3,(H3,11,12,14). The maximum Gasteiger partial charge on any atom is 0.337 e. The molecule has 1 aliphatic carbocycles. The number of urea groups is 1. The van der Waals surface area contributed by atoms with Crippen molar-refractivity contribution < 1.29 is 14.3 Å². The Morgan fingerprint density at radius 1 is 1.60 bits per heavy atom. The molecule has 0 saturated carbocycles. The first kappa shape index (κ1) is 11.3. The minimum atomic E-state index is -0.619. The molecule has 0 aromatic carbocycles. The maximum absolute atomic E-state index is 11.4. The number of esters is 1. The summed E-state index contributed by atoms with van der Waals surface area (Å²) >= 11 is 0. The van der Waals surface area contributed by atoms with Gasteiger partial charge in [-0.3, -0.25) is 0 Å². The van der Waals surface area contributed by atoms with E-state index in [0.29, 0.717) is 30.7 Å². The van der Waals surface area contributed by atoms with Gasteiger partial charge in [0.15, 0.2) is 0 Å². The van der Waals surface area contributed by atoms with Gasteiger partial charge in [-0.2, -0.15) is 0 Å². The van der Waals surface area contributed by atoms with Crippen LogP contribution in [0.5, 0.6) is 0 Å². The smallest absolute Gasteiger partial charge is 0.337 e. The minimum Gasteiger partial charge on any atom is -0.462 e. The molecule has 1 rings (SSSR count). The Morgan fingerprint density at radius 2 is 2.33 bits per heavy atom. The first-order valence-electron chi connectivity index (χ1n) is 4.77. The molecule has 5 nitrogen and oxygen atoms in total. The van der Waals surface area contributed by atoms with E-state index >= 15 is 0 Å². The highest BCUT2D eigenvalue weighted by Crippen LogP contribution is 2.16. The van der Waals surface area contributed by atoms with Crippen LogP contribution in [0.3, 0.4) is 0 Å². The van der Waals surface area contributed by atoms with Crippen LogP contribution in [-0.2, 0) is 9.53 Å². The van der Waals surface area contributed by atoms with E-state index in [1.54, 1.807) is 19.1 Å². The second-order valence-electron chi connectivity index (χ2n) is 3.08. The summed E-state index contributed by atoms with van der Waals surface area (Å²) in [6.07, 6.45) is 4.74. The molecule has 0 fully saturated rings. The lowest BCUT2D eigenvalue weighted by atomic mass is 10.0. The van der Waals surface area contributed by atoms with Crippen LogP contribution in [0.2, 0.25) is 0 Å². The number of primary amides is 1. The zero-order valence-electron chi connectivity index (χ0n) is 8.58. The molecule has 0 aromatic heterocycles. The molecule has 0 aliphatic heterocycles. The van der Waals surface area contributed by atoms with Gasteiger partial charge in [0.25, 0.3) is 0 Å². The summed E-state index contributed by atoms with van der Waals surface area (Å²) in [5, 5.41) is 2.46. The van der Waals surface area contributed by atoms with Crippen molar-refractivity contribution in [2.45, 2.75) is 19.8 Å². The molecule has 0 atom stereocenters. The average molecular weight is 210 g/mol. The van der Waals surface area contributed by atoms with E-state index in [0.717, 1.165) is 0 Å². The van der Waals surface area contributed by atoms with E-state index in [2.05, 4.69) is 5.32 Å². The molecule has 0 spiro atoms. The number of carbonyl (C=O) groups excluding carboxylic acids is 2. The van der Waals surface area contributed by atoms with Crippen LogP contribution in [0.1, 0.15) is 19.8 Å². The third kappa shape index (κ3) is 3.46. The van der Waals surface area contributed by atoms with Crippen LogP contribution in [0, 0.1) is 0 Å². The Balaban J connectivity index is 2.67. The van der Waals surface area contributed by atoms with Gasteiger partial charge in [-0.05, 0) is 25.8 Å². The van der Waals surface area contributed by atoms with Crippen molar-refractivity contribution >= 4 is 12.0 Å². The molecule has 3 N–H and O–H groups in total. The normalized spacial score (nSPS) is 15.0. The first-order chi connectivity index (χ1) is 7.13. The van der Waals surface area contributed by atoms with Gasteiger partial charge in [0.2, 0.25) is 0 Å². The molecule has 82 valence electrons. The lowest BCUT2D eigenvalue weighted by molar-refractivity contribution is -0.138. The molecule has 5 heteroatoms. The number of carbonyl (C=O) groups is 2. The lowest BCUT2D eigenvalue weighted by Gasteiger charge is -2.12. The molecule has 0 bridgehead atoms. The van der Waals surface area contributed by atoms with Gasteiger partial charge in [0, 0.05) is 5.70 Å². The largest absolute Gasteiger partial charge is 0.462 e. The van der Waals surface area contributed by atoms with Crippen molar-refractivity contribution in [2.24, 2.45) is 5.73 Å². The number of hydrogen-bond donors (Lipinski definition) is 2. The van der Waals surface area contributed by atoms with Crippen LogP contribution in [0.15, 0.2) is 23.4 Å². The number of nitrogens with two attached hydrogens (primary N) is 1. The zero-order valence-corrected chi connectivity index (χ0v) is 8.58. The molecule has 0 radical (unpaired) electrons. The number of hydrogen-bond acceptors (Lipinski definition) is 3. The molecule has 0 aromatic rings. The molecular weight excluding hydrogens is 196 g/mol. The predicted octanol–water partition coefficient (Wildman–Crippen LogP) is 0.822. The van der Waals surface area contributed by atoms with Gasteiger partial charge in [0.05, 0.1) is 12.2 Å². The third-order valence-electron chi connectivity index (χ3n) is 1.90. The first-order valence-corrected chi connectivity index (χ1v) is 4.77. The van der Waals surface area contributed by atoms with E-state index in [1.807, 2.05) is 0 Å². The fraction of sp³-hybridized carbons (Fsp3) is 0.400. The van der Waals surface area contributed by atoms with Crippen molar-refractivity contribution in [2.75, 3.05) is 6.61 Å². The second kappa shape index (κ2) is 5.19. The molecule has 15 heavy (non-hydrogen) atoms. The molecule has 0 saturated heterocycles. The fourth-order valence-electron chi connectivity index (χ4n) is 1.32. The van der Waals surface area contributed by atoms with Crippen molar-refractivity contribution in [3.8, 4) is 0 Å². The van der Waals surface area contributed by atoms with Gasteiger partial charge < -0.3 is 15.8 Å². The second-order valence-corrected chi connectivity index (χ2v) is 3.08. The van der Waals surface area contributed by atoms with Crippen LogP contribution in [0.4, 0.5) is 4.79 Å². The molecule has 1 aliphatic rings. The van der Waals surface area contributed by atoms with Gasteiger partial charge in [-0.15, -0.1) is 0 Å². The summed E-state index contributed by atoms with van der Waals surface area (Å²) in [5.74, 6) is -0.374. The van der Waals surface area contributed by atoms with Gasteiger partial charge in [-0.1, -0.05) is 6.08 Å². The highest BCUT2D eigenvalue weighted by Gasteiger charge is 2.13. The minimum absolute atomic E-state index is 0.336. The van der Waals surface area contributed by atoms with E-state index in [-0.39, 0.29) is 5.97 Å². The predicted molar refractivity (Wildman–Crippen MR) is 54.8 cm³/mol. The SMILES string of the molecule is CCOC(=O)C1=CCCC(NC(N)=O)=C1. The van der Waals surface area contributed by atoms with Gasteiger partial charge in [0.1, 0.15) is 0 Å². The highest BCUT2D eigenvalue weighted by atomic mass is 16.5. The number of allylic oxidation sites excluding steroid dienone is 2. The van der Waals surface area contributed by atoms with E-state index in [9.17, 15) is 9.59 Å². The molecule has 0 heterocycles. The summed E-state index contributed by atoms with van der Waals surface area (Å²) in [7, 11) is 0. The summed E-state index contributed by atoms with van der Waals surface area (Å²) in [5.41, 5.74) is 6.09. The topological polar surface area (TPSA) is 81.4 Å². The molecular formula is C10H14N2O3. The van der Waals surface area contributed by atoms with Crippen LogP contribution in [-0.4, -0.2) is 18.6 Å². The van der Waals surface area contributed by atoms with Crippen LogP contribution < -0.4 is 11.1 Å². The highest BCUT2D eigenvalue weighted by molar-refractivity contribution is 5.92. The summed E-state index contributed by atoms with van der Waals surface area (Å²) in [6, 6.07) is -0.619. The Morgan fingerprint density at radius 3 is 2.93 bits per heavy atom. The molecule has 2 amide bonds. The number of nitrogens with one attached hydrogen (secondary N) is 1. The Labute approximate surface area is 88.0 Å². The number of ether oxygens (including phenoxy) is 1. The Hall–Kier alpha value is -1.78. The number of amides is 2. The average Bonchev–Trinajstić information content (AvgIpc) is 2.17. The third-order valence-corrected chi connectivity index (χ3v) is 1.90. The van der Waals surface area contributed by atoms with Gasteiger partial charge >= 0.3 is 12.0 Å². The zero-order chi connectivity index (χ0) is 11.3. The maximum atomic E-state index is 11.4. The van der Waals surface area contributed by atoms with Crippen molar-refractivity contribution in [1.82, 2.24) is 5.32 Å². The van der Waals surface area contributed by atoms with E-state index in [4.69, 9.17) is 10.5 Å². The van der Waals surface area contributed by atoms with E-state index < -0.39 is 6.03 Å². The Bertz CT molecular complexity index is 332. The number of rotatable bonds is 3. The van der Waals surface area contributed by atoms with Crippen molar-refractivity contribution in [3.63, 3.8) is 0 Å². The quantitative estimate of drug-likeness (QED) is 0.677. The molecule has 0 unspecified atom stereocenters.